The highest BCUT2D eigenvalue weighted by Gasteiger charge is 2.27. The first-order chi connectivity index (χ1) is 8.86. The number of rotatable bonds is 4. The fraction of sp³-hybridized carbons (Fsp3) is 0.250. The van der Waals surface area contributed by atoms with E-state index >= 15 is 0 Å². The zero-order valence-electron chi connectivity index (χ0n) is 10.6. The Morgan fingerprint density at radius 2 is 2.00 bits per heavy atom. The molecule has 0 N–H and O–H groups in total. The number of benzene rings is 1. The quantitative estimate of drug-likeness (QED) is 0.797. The third-order valence-corrected chi connectivity index (χ3v) is 2.75. The molecule has 0 aliphatic rings. The molecule has 0 spiro atoms. The van der Waals surface area contributed by atoms with E-state index in [0.29, 0.717) is 5.75 Å². The van der Waals surface area contributed by atoms with Gasteiger partial charge in [0.15, 0.2) is 0 Å². The Morgan fingerprint density at radius 1 is 1.26 bits per heavy atom. The van der Waals surface area contributed by atoms with Gasteiger partial charge in [-0.1, -0.05) is 11.6 Å². The van der Waals surface area contributed by atoms with Gasteiger partial charge in [0.25, 0.3) is 0 Å². The molecule has 0 fully saturated rings. The van der Waals surface area contributed by atoms with Gasteiger partial charge in [0.1, 0.15) is 12.4 Å². The fourth-order valence-corrected chi connectivity index (χ4v) is 1.80. The van der Waals surface area contributed by atoms with Gasteiger partial charge >= 0.3 is 6.98 Å². The zero-order valence-corrected chi connectivity index (χ0v) is 10.6. The number of aromatic nitrogens is 2. The third-order valence-electron chi connectivity index (χ3n) is 2.75. The highest BCUT2D eigenvalue weighted by Crippen LogP contribution is 2.18. The lowest BCUT2D eigenvalue weighted by molar-refractivity contribution is 0.300. The van der Waals surface area contributed by atoms with Crippen molar-refractivity contribution in [2.45, 2.75) is 13.5 Å². The third kappa shape index (κ3) is 3.30. The van der Waals surface area contributed by atoms with E-state index in [1.165, 1.54) is 19.1 Å². The first-order valence-electron chi connectivity index (χ1n) is 5.78. The van der Waals surface area contributed by atoms with E-state index in [-0.39, 0.29) is 12.2 Å². The Labute approximate surface area is 109 Å². The molecule has 7 heteroatoms. The van der Waals surface area contributed by atoms with Gasteiger partial charge in [-0.05, 0) is 25.1 Å². The molecule has 1 aromatic heterocycles. The molecular weight excluding hydrogens is 256 g/mol. The van der Waals surface area contributed by atoms with E-state index in [4.69, 9.17) is 4.74 Å². The van der Waals surface area contributed by atoms with Gasteiger partial charge in [-0.25, -0.2) is 0 Å². The maximum absolute atomic E-state index is 12.6. The van der Waals surface area contributed by atoms with Crippen molar-refractivity contribution in [1.82, 2.24) is 9.78 Å². The topological polar surface area (TPSA) is 27.1 Å². The average molecular weight is 269 g/mol. The van der Waals surface area contributed by atoms with Gasteiger partial charge in [-0.3, -0.25) is 4.68 Å². The van der Waals surface area contributed by atoms with Gasteiger partial charge in [-0.2, -0.15) is 5.10 Å². The lowest BCUT2D eigenvalue weighted by Crippen LogP contribution is -2.35. The molecule has 2 rings (SSSR count). The smallest absolute Gasteiger partial charge is 0.487 e. The molecule has 0 radical (unpaired) electrons. The minimum absolute atomic E-state index is 0.172. The molecule has 0 amide bonds. The summed E-state index contributed by atoms with van der Waals surface area (Å²) in [4.78, 5) is 0. The fourth-order valence-electron chi connectivity index (χ4n) is 1.80. The van der Waals surface area contributed by atoms with Gasteiger partial charge in [0, 0.05) is 13.2 Å². The van der Waals surface area contributed by atoms with Crippen molar-refractivity contribution in [1.29, 1.82) is 0 Å². The van der Waals surface area contributed by atoms with Crippen molar-refractivity contribution in [3.8, 4) is 5.75 Å². The molecule has 0 bridgehead atoms. The van der Waals surface area contributed by atoms with Crippen molar-refractivity contribution in [2.75, 3.05) is 0 Å². The Balaban J connectivity index is 2.08. The standard InChI is InChI=1S/C12H13BF3N2O/c1-9-7-11(3-4-12(9)13(14,15)16)19-8-10-5-6-18(2)17-10/h3-7H,8H2,1-2H3/q-1. The van der Waals surface area contributed by atoms with Crippen molar-refractivity contribution in [3.63, 3.8) is 0 Å². The van der Waals surface area contributed by atoms with Crippen LogP contribution in [0.2, 0.25) is 0 Å². The number of hydrogen-bond acceptors (Lipinski definition) is 2. The Kier molecular flexibility index (Phi) is 3.55. The van der Waals surface area contributed by atoms with Gasteiger partial charge in [0.05, 0.1) is 5.69 Å². The van der Waals surface area contributed by atoms with Crippen LogP contribution in [-0.4, -0.2) is 16.8 Å². The van der Waals surface area contributed by atoms with Crippen LogP contribution in [0.25, 0.3) is 0 Å². The highest BCUT2D eigenvalue weighted by atomic mass is 19.4. The van der Waals surface area contributed by atoms with Crippen LogP contribution in [0.5, 0.6) is 5.75 Å². The summed E-state index contributed by atoms with van der Waals surface area (Å²) in [6.45, 7) is -3.31. The molecule has 0 aliphatic heterocycles. The molecule has 102 valence electrons. The Hall–Kier alpha value is -1.92. The van der Waals surface area contributed by atoms with Gasteiger partial charge in [-0.15, -0.1) is 5.46 Å². The summed E-state index contributed by atoms with van der Waals surface area (Å²) in [5, 5.41) is 4.12. The normalized spacial score (nSPS) is 11.6. The molecule has 0 saturated heterocycles. The molecule has 0 saturated carbocycles. The predicted octanol–water partition coefficient (Wildman–Crippen LogP) is 2.36. The Bertz CT molecular complexity index is 581. The second-order valence-corrected chi connectivity index (χ2v) is 4.36. The van der Waals surface area contributed by atoms with Crippen LogP contribution in [0.3, 0.4) is 0 Å². The summed E-state index contributed by atoms with van der Waals surface area (Å²) in [6.07, 6.45) is 1.78. The van der Waals surface area contributed by atoms with E-state index in [2.05, 4.69) is 5.10 Å². The first-order valence-corrected chi connectivity index (χ1v) is 5.78. The average Bonchev–Trinajstić information content (AvgIpc) is 2.71. The van der Waals surface area contributed by atoms with E-state index in [1.807, 2.05) is 0 Å². The highest BCUT2D eigenvalue weighted by molar-refractivity contribution is 6.74. The second kappa shape index (κ2) is 4.99. The van der Waals surface area contributed by atoms with Crippen molar-refractivity contribution >= 4 is 12.4 Å². The van der Waals surface area contributed by atoms with Crippen LogP contribution in [0, 0.1) is 6.92 Å². The molecule has 0 atom stereocenters. The van der Waals surface area contributed by atoms with Crippen LogP contribution in [-0.2, 0) is 13.7 Å². The maximum atomic E-state index is 12.6. The maximum Gasteiger partial charge on any atom is 0.509 e. The van der Waals surface area contributed by atoms with Crippen molar-refractivity contribution in [2.24, 2.45) is 7.05 Å². The summed E-state index contributed by atoms with van der Waals surface area (Å²) in [7, 11) is 1.79. The minimum atomic E-state index is -4.97. The van der Waals surface area contributed by atoms with Crippen LogP contribution < -0.4 is 10.2 Å². The van der Waals surface area contributed by atoms with Gasteiger partial charge < -0.3 is 17.7 Å². The lowest BCUT2D eigenvalue weighted by atomic mass is 9.77. The minimum Gasteiger partial charge on any atom is -0.487 e. The largest absolute Gasteiger partial charge is 0.509 e. The van der Waals surface area contributed by atoms with Crippen LogP contribution in [0.15, 0.2) is 30.5 Å². The number of nitrogens with zero attached hydrogens (tertiary/aromatic N) is 2. The van der Waals surface area contributed by atoms with Crippen molar-refractivity contribution in [3.05, 3.63) is 41.7 Å². The molecule has 2 aromatic rings. The predicted molar refractivity (Wildman–Crippen MR) is 67.4 cm³/mol. The number of ether oxygens (including phenoxy) is 1. The molecule has 19 heavy (non-hydrogen) atoms. The number of hydrogen-bond donors (Lipinski definition) is 0. The van der Waals surface area contributed by atoms with Crippen molar-refractivity contribution < 1.29 is 17.7 Å². The number of halogens is 3. The summed E-state index contributed by atoms with van der Waals surface area (Å²) >= 11 is 0. The first kappa shape index (κ1) is 13.5. The molecule has 0 aliphatic carbocycles. The van der Waals surface area contributed by atoms with Gasteiger partial charge in [0.2, 0.25) is 0 Å². The molecular formula is C12H13BF3N2O-. The summed E-state index contributed by atoms with van der Waals surface area (Å²) in [5.74, 6) is 0.409. The Morgan fingerprint density at radius 3 is 2.53 bits per heavy atom. The summed E-state index contributed by atoms with van der Waals surface area (Å²) < 4.78 is 45.0. The SMILES string of the molecule is Cc1cc(OCc2ccn(C)n2)ccc1[B-](F)(F)F. The van der Waals surface area contributed by atoms with E-state index in [1.54, 1.807) is 24.0 Å². The zero-order chi connectivity index (χ0) is 14.0. The molecule has 1 heterocycles. The lowest BCUT2D eigenvalue weighted by Gasteiger charge is -2.18. The molecule has 3 nitrogen and oxygen atoms in total. The van der Waals surface area contributed by atoms with E-state index in [9.17, 15) is 12.9 Å². The molecule has 0 unspecified atom stereocenters. The van der Waals surface area contributed by atoms with Crippen LogP contribution in [0.1, 0.15) is 11.3 Å². The van der Waals surface area contributed by atoms with E-state index in [0.717, 1.165) is 11.8 Å². The summed E-state index contributed by atoms with van der Waals surface area (Å²) in [5.41, 5.74) is 0.320. The molecule has 1 aromatic carbocycles. The van der Waals surface area contributed by atoms with Crippen LogP contribution in [0.4, 0.5) is 12.9 Å². The summed E-state index contributed by atoms with van der Waals surface area (Å²) in [6, 6.07) is 5.58. The monoisotopic (exact) mass is 269 g/mol. The number of aryl methyl sites for hydroxylation is 2. The van der Waals surface area contributed by atoms with Crippen LogP contribution >= 0.6 is 0 Å². The van der Waals surface area contributed by atoms with E-state index < -0.39 is 12.4 Å². The second-order valence-electron chi connectivity index (χ2n) is 4.36.